The van der Waals surface area contributed by atoms with Crippen LogP contribution >= 0.6 is 0 Å². The van der Waals surface area contributed by atoms with Crippen LogP contribution in [0.1, 0.15) is 32.6 Å². The molecule has 2 fully saturated rings. The largest absolute Gasteiger partial charge is 0.481 e. The predicted octanol–water partition coefficient (Wildman–Crippen LogP) is 0.567. The molecule has 2 saturated carbocycles. The molecule has 0 heterocycles. The number of carboxylic acids is 1. The number of hydrogen-bond donors (Lipinski definition) is 2. The lowest BCUT2D eigenvalue weighted by Gasteiger charge is -2.12. The zero-order chi connectivity index (χ0) is 11.9. The number of hydrogen-bond acceptors (Lipinski definition) is 3. The van der Waals surface area contributed by atoms with Gasteiger partial charge >= 0.3 is 5.97 Å². The van der Waals surface area contributed by atoms with Gasteiger partial charge in [-0.05, 0) is 31.6 Å². The molecule has 2 N–H and O–H groups in total. The van der Waals surface area contributed by atoms with Gasteiger partial charge in [0.1, 0.15) is 0 Å². The maximum absolute atomic E-state index is 11.7. The van der Waals surface area contributed by atoms with Crippen molar-refractivity contribution in [1.29, 1.82) is 0 Å². The zero-order valence-electron chi connectivity index (χ0n) is 9.22. The summed E-state index contributed by atoms with van der Waals surface area (Å²) in [5, 5.41) is 8.71. The van der Waals surface area contributed by atoms with E-state index in [1.54, 1.807) is 0 Å². The molecule has 0 aromatic rings. The Labute approximate surface area is 95.3 Å². The van der Waals surface area contributed by atoms with E-state index in [1.807, 2.05) is 6.92 Å². The van der Waals surface area contributed by atoms with E-state index in [1.165, 1.54) is 0 Å². The van der Waals surface area contributed by atoms with Crippen LogP contribution in [0.25, 0.3) is 0 Å². The van der Waals surface area contributed by atoms with Crippen molar-refractivity contribution in [3.05, 3.63) is 0 Å². The van der Waals surface area contributed by atoms with Crippen LogP contribution in [0.15, 0.2) is 0 Å². The Balaban J connectivity index is 1.96. The Hall–Kier alpha value is -0.620. The Morgan fingerprint density at radius 1 is 1.31 bits per heavy atom. The van der Waals surface area contributed by atoms with Crippen LogP contribution in [-0.2, 0) is 14.8 Å². The van der Waals surface area contributed by atoms with E-state index >= 15 is 0 Å². The summed E-state index contributed by atoms with van der Waals surface area (Å²) in [5.74, 6) is -1.18. The molecular formula is C10H17NO4S. The molecule has 0 aliphatic heterocycles. The van der Waals surface area contributed by atoms with Gasteiger partial charge in [0.25, 0.3) is 0 Å². The normalized spacial score (nSPS) is 35.2. The van der Waals surface area contributed by atoms with E-state index in [2.05, 4.69) is 4.72 Å². The van der Waals surface area contributed by atoms with E-state index in [0.717, 1.165) is 12.8 Å². The summed E-state index contributed by atoms with van der Waals surface area (Å²) in [7, 11) is -3.19. The van der Waals surface area contributed by atoms with E-state index < -0.39 is 21.9 Å². The third-order valence-corrected chi connectivity index (χ3v) is 5.50. The quantitative estimate of drug-likeness (QED) is 0.760. The molecule has 0 saturated heterocycles. The summed E-state index contributed by atoms with van der Waals surface area (Å²) in [6, 6.07) is -0.193. The van der Waals surface area contributed by atoms with E-state index in [-0.39, 0.29) is 17.2 Å². The number of carboxylic acid groups (broad SMARTS) is 1. The molecule has 2 aliphatic carbocycles. The lowest BCUT2D eigenvalue weighted by molar-refractivity contribution is -0.142. The molecule has 2 aliphatic rings. The topological polar surface area (TPSA) is 83.5 Å². The van der Waals surface area contributed by atoms with Crippen molar-refractivity contribution in [3.63, 3.8) is 0 Å². The third-order valence-electron chi connectivity index (χ3n) is 3.49. The first-order chi connectivity index (χ1) is 7.40. The lowest BCUT2D eigenvalue weighted by Crippen LogP contribution is -2.35. The van der Waals surface area contributed by atoms with Gasteiger partial charge in [-0.25, -0.2) is 13.1 Å². The highest BCUT2D eigenvalue weighted by atomic mass is 32.2. The predicted molar refractivity (Wildman–Crippen MR) is 58.4 cm³/mol. The smallest absolute Gasteiger partial charge is 0.306 e. The molecule has 6 heteroatoms. The minimum atomic E-state index is -3.19. The van der Waals surface area contributed by atoms with Gasteiger partial charge in [-0.1, -0.05) is 6.92 Å². The minimum absolute atomic E-state index is 0.0457. The van der Waals surface area contributed by atoms with Crippen molar-refractivity contribution in [2.45, 2.75) is 43.9 Å². The van der Waals surface area contributed by atoms with Crippen molar-refractivity contribution >= 4 is 16.0 Å². The second kappa shape index (κ2) is 4.00. The average molecular weight is 247 g/mol. The molecule has 5 nitrogen and oxygen atoms in total. The monoisotopic (exact) mass is 247 g/mol. The molecule has 0 bridgehead atoms. The van der Waals surface area contributed by atoms with Gasteiger partial charge in [-0.3, -0.25) is 4.79 Å². The van der Waals surface area contributed by atoms with Gasteiger partial charge in [0.2, 0.25) is 10.0 Å². The number of aliphatic carboxylic acids is 1. The third kappa shape index (κ3) is 2.38. The fourth-order valence-corrected chi connectivity index (χ4v) is 4.00. The maximum Gasteiger partial charge on any atom is 0.306 e. The molecule has 0 radical (unpaired) electrons. The molecule has 0 amide bonds. The van der Waals surface area contributed by atoms with Crippen molar-refractivity contribution in [1.82, 2.24) is 4.72 Å². The molecule has 16 heavy (non-hydrogen) atoms. The Kier molecular flexibility index (Phi) is 2.96. The van der Waals surface area contributed by atoms with Crippen molar-refractivity contribution in [3.8, 4) is 0 Å². The lowest BCUT2D eigenvalue weighted by atomic mass is 9.99. The molecule has 92 valence electrons. The molecular weight excluding hydrogens is 230 g/mol. The Bertz CT molecular complexity index is 388. The van der Waals surface area contributed by atoms with Gasteiger partial charge in [0, 0.05) is 6.04 Å². The molecule has 0 aromatic heterocycles. The van der Waals surface area contributed by atoms with Gasteiger partial charge in [-0.15, -0.1) is 0 Å². The van der Waals surface area contributed by atoms with Crippen LogP contribution in [0.4, 0.5) is 0 Å². The summed E-state index contributed by atoms with van der Waals surface area (Å²) in [6.45, 7) is 1.87. The van der Waals surface area contributed by atoms with E-state index in [9.17, 15) is 13.2 Å². The van der Waals surface area contributed by atoms with Crippen molar-refractivity contribution in [2.24, 2.45) is 11.8 Å². The average Bonchev–Trinajstić information content (AvgIpc) is 2.91. The number of nitrogens with one attached hydrogen (secondary N) is 1. The van der Waals surface area contributed by atoms with E-state index in [0.29, 0.717) is 12.8 Å². The molecule has 3 unspecified atom stereocenters. The molecule has 0 spiro atoms. The summed E-state index contributed by atoms with van der Waals surface area (Å²) >= 11 is 0. The second-order valence-electron chi connectivity index (χ2n) is 4.95. The highest BCUT2D eigenvalue weighted by molar-refractivity contribution is 7.90. The first kappa shape index (κ1) is 11.9. The first-order valence-corrected chi connectivity index (χ1v) is 7.18. The number of rotatable bonds is 4. The van der Waals surface area contributed by atoms with Crippen LogP contribution in [0, 0.1) is 11.8 Å². The van der Waals surface area contributed by atoms with Gasteiger partial charge < -0.3 is 5.11 Å². The summed E-state index contributed by atoms with van der Waals surface area (Å²) in [6.07, 6.45) is 2.52. The number of carbonyl (C=O) groups is 1. The second-order valence-corrected chi connectivity index (χ2v) is 6.94. The Morgan fingerprint density at radius 3 is 2.38 bits per heavy atom. The summed E-state index contributed by atoms with van der Waals surface area (Å²) in [5.41, 5.74) is 0. The Morgan fingerprint density at radius 2 is 1.94 bits per heavy atom. The van der Waals surface area contributed by atoms with Crippen LogP contribution in [-0.4, -0.2) is 30.8 Å². The van der Waals surface area contributed by atoms with E-state index in [4.69, 9.17) is 5.11 Å². The van der Waals surface area contributed by atoms with Gasteiger partial charge in [0.05, 0.1) is 11.2 Å². The van der Waals surface area contributed by atoms with Crippen LogP contribution < -0.4 is 4.72 Å². The summed E-state index contributed by atoms with van der Waals surface area (Å²) < 4.78 is 26.0. The van der Waals surface area contributed by atoms with Crippen LogP contribution in [0.2, 0.25) is 0 Å². The van der Waals surface area contributed by atoms with Gasteiger partial charge in [-0.2, -0.15) is 0 Å². The summed E-state index contributed by atoms with van der Waals surface area (Å²) in [4.78, 5) is 10.9. The number of sulfonamides is 1. The maximum atomic E-state index is 11.7. The van der Waals surface area contributed by atoms with Crippen LogP contribution in [0.3, 0.4) is 0 Å². The first-order valence-electron chi connectivity index (χ1n) is 5.64. The SMILES string of the molecule is CC1CC(NS(=O)(=O)C2CC2)CC1C(=O)O. The fourth-order valence-electron chi connectivity index (χ4n) is 2.40. The molecule has 2 rings (SSSR count). The van der Waals surface area contributed by atoms with Crippen molar-refractivity contribution < 1.29 is 18.3 Å². The molecule has 0 aromatic carbocycles. The molecule has 3 atom stereocenters. The highest BCUT2D eigenvalue weighted by Crippen LogP contribution is 2.34. The van der Waals surface area contributed by atoms with Gasteiger partial charge in [0.15, 0.2) is 0 Å². The minimum Gasteiger partial charge on any atom is -0.481 e. The highest BCUT2D eigenvalue weighted by Gasteiger charge is 2.41. The van der Waals surface area contributed by atoms with Crippen LogP contribution in [0.5, 0.6) is 0 Å². The zero-order valence-corrected chi connectivity index (χ0v) is 10.0. The fraction of sp³-hybridized carbons (Fsp3) is 0.900. The standard InChI is InChI=1S/C10H17NO4S/c1-6-4-7(5-9(6)10(12)13)11-16(14,15)8-2-3-8/h6-9,11H,2-5H2,1H3,(H,12,13). The van der Waals surface area contributed by atoms with Crippen molar-refractivity contribution in [2.75, 3.05) is 0 Å².